The van der Waals surface area contributed by atoms with Gasteiger partial charge < -0.3 is 0 Å². The molecule has 0 amide bonds. The highest BCUT2D eigenvalue weighted by Gasteiger charge is 2.50. The molecule has 3 aromatic heterocycles. The molecule has 0 bridgehead atoms. The van der Waals surface area contributed by atoms with Crippen molar-refractivity contribution >= 4 is 64.9 Å². The Kier molecular flexibility index (Phi) is 8.00. The summed E-state index contributed by atoms with van der Waals surface area (Å²) in [6.45, 7) is 0. The lowest BCUT2D eigenvalue weighted by molar-refractivity contribution is 0.723. The largest absolute Gasteiger partial charge is 0.247 e. The van der Waals surface area contributed by atoms with E-state index in [9.17, 15) is 0 Å². The molecule has 9 aromatic carbocycles. The van der Waals surface area contributed by atoms with Crippen molar-refractivity contribution in [2.24, 2.45) is 0 Å². The van der Waals surface area contributed by atoms with Crippen LogP contribution in [0.5, 0.6) is 0 Å². The third kappa shape index (κ3) is 5.40. The van der Waals surface area contributed by atoms with Crippen molar-refractivity contribution in [2.45, 2.75) is 15.2 Å². The number of hydrogen-bond donors (Lipinski definition) is 0. The Morgan fingerprint density at radius 1 is 0.354 bits per heavy atom. The molecule has 0 unspecified atom stereocenters. The van der Waals surface area contributed by atoms with E-state index in [0.717, 1.165) is 55.6 Å². The number of para-hydroxylation sites is 1. The van der Waals surface area contributed by atoms with E-state index in [1.165, 1.54) is 68.7 Å². The van der Waals surface area contributed by atoms with E-state index < -0.39 is 5.41 Å². The molecule has 0 saturated heterocycles. The van der Waals surface area contributed by atoms with E-state index in [2.05, 4.69) is 194 Å². The van der Waals surface area contributed by atoms with Gasteiger partial charge in [0.25, 0.3) is 0 Å². The summed E-state index contributed by atoms with van der Waals surface area (Å²) < 4.78 is 2.51. The molecule has 65 heavy (non-hydrogen) atoms. The molecule has 0 N–H and O–H groups in total. The molecule has 4 heterocycles. The standard InChI is InChI=1S/C60H35N3S2/c1-2-15-38(16-3-1)59-62-52(35-53(63-59)43-21-14-20-42-41-19-6-11-26-54(41)65-58(42)43)36-29-31-37(32-30-36)57-46-33-45-39-17-4-7-22-47(39)60(50(45)34-44(46)40-18-5-10-25-51(40)61-57)48-23-8-12-27-55(48)64-56-28-13-9-24-49(56)60/h1-35H. The van der Waals surface area contributed by atoms with Gasteiger partial charge in [0, 0.05) is 63.0 Å². The Morgan fingerprint density at radius 2 is 0.985 bits per heavy atom. The molecule has 0 fully saturated rings. The van der Waals surface area contributed by atoms with Crippen LogP contribution in [-0.4, -0.2) is 15.0 Å². The first kappa shape index (κ1) is 36.8. The van der Waals surface area contributed by atoms with Crippen LogP contribution < -0.4 is 0 Å². The van der Waals surface area contributed by atoms with Crippen molar-refractivity contribution in [3.63, 3.8) is 0 Å². The van der Waals surface area contributed by atoms with Crippen molar-refractivity contribution in [2.75, 3.05) is 0 Å². The van der Waals surface area contributed by atoms with Gasteiger partial charge in [0.2, 0.25) is 0 Å². The number of rotatable bonds is 4. The third-order valence-electron chi connectivity index (χ3n) is 13.6. The van der Waals surface area contributed by atoms with Gasteiger partial charge in [0.15, 0.2) is 5.82 Å². The zero-order valence-corrected chi connectivity index (χ0v) is 36.5. The Balaban J connectivity index is 0.960. The van der Waals surface area contributed by atoms with Crippen LogP contribution in [0.15, 0.2) is 222 Å². The summed E-state index contributed by atoms with van der Waals surface area (Å²) in [7, 11) is 0. The molecule has 12 aromatic rings. The van der Waals surface area contributed by atoms with Crippen molar-refractivity contribution < 1.29 is 0 Å². The third-order valence-corrected chi connectivity index (χ3v) is 15.9. The first-order valence-corrected chi connectivity index (χ1v) is 23.6. The Hall–Kier alpha value is -7.70. The minimum atomic E-state index is -0.456. The Bertz CT molecular complexity index is 3880. The number of benzene rings is 9. The summed E-state index contributed by atoms with van der Waals surface area (Å²) in [6, 6.07) is 77.1. The van der Waals surface area contributed by atoms with E-state index in [1.54, 1.807) is 0 Å². The van der Waals surface area contributed by atoms with Crippen LogP contribution in [0.3, 0.4) is 0 Å². The molecule has 2 aliphatic rings. The summed E-state index contributed by atoms with van der Waals surface area (Å²) in [4.78, 5) is 18.5. The molecule has 302 valence electrons. The van der Waals surface area contributed by atoms with Crippen molar-refractivity contribution in [3.8, 4) is 56.3 Å². The number of pyridine rings is 1. The number of aromatic nitrogens is 3. The minimum Gasteiger partial charge on any atom is -0.247 e. The molecular weight excluding hydrogens is 827 g/mol. The first-order chi connectivity index (χ1) is 32.2. The second kappa shape index (κ2) is 14.2. The average Bonchev–Trinajstić information content (AvgIpc) is 3.89. The minimum absolute atomic E-state index is 0.456. The van der Waals surface area contributed by atoms with Crippen LogP contribution in [-0.2, 0) is 5.41 Å². The highest BCUT2D eigenvalue weighted by molar-refractivity contribution is 7.99. The van der Waals surface area contributed by atoms with Gasteiger partial charge >= 0.3 is 0 Å². The lowest BCUT2D eigenvalue weighted by atomic mass is 9.67. The summed E-state index contributed by atoms with van der Waals surface area (Å²) in [6.07, 6.45) is 0. The van der Waals surface area contributed by atoms with E-state index in [4.69, 9.17) is 15.0 Å². The van der Waals surface area contributed by atoms with Crippen LogP contribution in [0, 0.1) is 0 Å². The fourth-order valence-electron chi connectivity index (χ4n) is 10.7. The monoisotopic (exact) mass is 861 g/mol. The van der Waals surface area contributed by atoms with E-state index in [-0.39, 0.29) is 0 Å². The van der Waals surface area contributed by atoms with Crippen molar-refractivity contribution in [1.29, 1.82) is 0 Å². The summed E-state index contributed by atoms with van der Waals surface area (Å²) in [5.74, 6) is 0.705. The van der Waals surface area contributed by atoms with Crippen LogP contribution in [0.25, 0.3) is 98.1 Å². The molecule has 1 aliphatic heterocycles. The van der Waals surface area contributed by atoms with Gasteiger partial charge in [-0.2, -0.15) is 0 Å². The van der Waals surface area contributed by atoms with Crippen molar-refractivity contribution in [3.05, 3.63) is 235 Å². The molecular formula is C60H35N3S2. The number of fused-ring (bicyclic) bond motifs is 15. The SMILES string of the molecule is c1ccc(-c2nc(-c3ccc(-c4nc5ccccc5c5cc6c(cc45)-c4ccccc4C64c5ccccc5Sc5ccccc54)cc3)cc(-c3cccc4c3sc3ccccc34)n2)cc1. The smallest absolute Gasteiger partial charge is 0.160 e. The van der Waals surface area contributed by atoms with Crippen LogP contribution in [0.2, 0.25) is 0 Å². The van der Waals surface area contributed by atoms with Crippen LogP contribution in [0.4, 0.5) is 0 Å². The second-order valence-corrected chi connectivity index (χ2v) is 19.1. The maximum atomic E-state index is 5.46. The van der Waals surface area contributed by atoms with Gasteiger partial charge in [-0.15, -0.1) is 11.3 Å². The highest BCUT2D eigenvalue weighted by atomic mass is 32.2. The molecule has 14 rings (SSSR count). The normalized spacial score (nSPS) is 13.3. The second-order valence-electron chi connectivity index (χ2n) is 17.0. The Labute approximate surface area is 383 Å². The van der Waals surface area contributed by atoms with Gasteiger partial charge in [0.05, 0.1) is 28.0 Å². The highest BCUT2D eigenvalue weighted by Crippen LogP contribution is 2.63. The zero-order valence-electron chi connectivity index (χ0n) is 34.9. The van der Waals surface area contributed by atoms with Gasteiger partial charge in [0.1, 0.15) is 0 Å². The molecule has 3 nitrogen and oxygen atoms in total. The lowest BCUT2D eigenvalue weighted by Crippen LogP contribution is -2.31. The fourth-order valence-corrected chi connectivity index (χ4v) is 13.1. The maximum Gasteiger partial charge on any atom is 0.160 e. The van der Waals surface area contributed by atoms with Crippen LogP contribution in [0.1, 0.15) is 22.3 Å². The quantitative estimate of drug-likeness (QED) is 0.165. The fraction of sp³-hybridized carbons (Fsp3) is 0.0167. The Morgan fingerprint density at radius 3 is 1.80 bits per heavy atom. The first-order valence-electron chi connectivity index (χ1n) is 22.0. The summed E-state index contributed by atoms with van der Waals surface area (Å²) in [5, 5.41) is 6.02. The van der Waals surface area contributed by atoms with E-state index in [1.807, 2.05) is 41.3 Å². The predicted octanol–water partition coefficient (Wildman–Crippen LogP) is 16.0. The number of nitrogens with zero attached hydrogens (tertiary/aromatic N) is 3. The van der Waals surface area contributed by atoms with Crippen molar-refractivity contribution in [1.82, 2.24) is 15.0 Å². The topological polar surface area (TPSA) is 38.7 Å². The zero-order chi connectivity index (χ0) is 42.6. The average molecular weight is 862 g/mol. The van der Waals surface area contributed by atoms with Gasteiger partial charge in [-0.25, -0.2) is 15.0 Å². The van der Waals surface area contributed by atoms with E-state index in [0.29, 0.717) is 5.82 Å². The molecule has 1 spiro atoms. The van der Waals surface area contributed by atoms with Gasteiger partial charge in [-0.1, -0.05) is 182 Å². The number of thiophene rings is 1. The number of hydrogen-bond acceptors (Lipinski definition) is 5. The summed E-state index contributed by atoms with van der Waals surface area (Å²) >= 11 is 3.70. The molecule has 5 heteroatoms. The lowest BCUT2D eigenvalue weighted by Gasteiger charge is -2.39. The van der Waals surface area contributed by atoms with Gasteiger partial charge in [-0.3, -0.25) is 0 Å². The maximum absolute atomic E-state index is 5.46. The van der Waals surface area contributed by atoms with E-state index >= 15 is 0 Å². The molecule has 1 aliphatic carbocycles. The summed E-state index contributed by atoms with van der Waals surface area (Å²) in [5.41, 5.74) is 15.3. The molecule has 0 atom stereocenters. The molecule has 0 saturated carbocycles. The molecule has 0 radical (unpaired) electrons. The predicted molar refractivity (Wildman–Crippen MR) is 271 cm³/mol. The van der Waals surface area contributed by atoms with Crippen LogP contribution >= 0.6 is 23.1 Å². The van der Waals surface area contributed by atoms with Gasteiger partial charge in [-0.05, 0) is 81.2 Å².